The molecular formula is C20H18N4O2. The number of aromatic nitrogens is 3. The van der Waals surface area contributed by atoms with E-state index in [1.54, 1.807) is 12.3 Å². The van der Waals surface area contributed by atoms with Crippen LogP contribution in [-0.2, 0) is 0 Å². The average molecular weight is 346 g/mol. The summed E-state index contributed by atoms with van der Waals surface area (Å²) < 4.78 is 4.88. The van der Waals surface area contributed by atoms with Gasteiger partial charge in [0, 0.05) is 24.2 Å². The number of methoxy groups -OCH3 is 1. The van der Waals surface area contributed by atoms with Crippen molar-refractivity contribution < 1.29 is 9.53 Å². The molecule has 6 heteroatoms. The van der Waals surface area contributed by atoms with E-state index in [0.717, 1.165) is 11.1 Å². The van der Waals surface area contributed by atoms with Gasteiger partial charge >= 0.3 is 6.01 Å². The molecule has 0 spiro atoms. The summed E-state index contributed by atoms with van der Waals surface area (Å²) in [4.78, 5) is 24.4. The minimum Gasteiger partial charge on any atom is -0.467 e. The first-order chi connectivity index (χ1) is 12.7. The Morgan fingerprint density at radius 1 is 1.04 bits per heavy atom. The van der Waals surface area contributed by atoms with Crippen molar-refractivity contribution in [2.24, 2.45) is 0 Å². The largest absolute Gasteiger partial charge is 0.467 e. The summed E-state index contributed by atoms with van der Waals surface area (Å²) in [6.45, 7) is 0. The topological polar surface area (TPSA) is 77.0 Å². The Morgan fingerprint density at radius 3 is 2.50 bits per heavy atom. The zero-order valence-corrected chi connectivity index (χ0v) is 14.3. The number of pyridine rings is 1. The average Bonchev–Trinajstić information content (AvgIpc) is 3.54. The number of nitrogens with one attached hydrogen (secondary N) is 1. The first-order valence-electron chi connectivity index (χ1n) is 8.47. The zero-order chi connectivity index (χ0) is 17.9. The van der Waals surface area contributed by atoms with Crippen molar-refractivity contribution in [2.75, 3.05) is 12.4 Å². The van der Waals surface area contributed by atoms with E-state index in [-0.39, 0.29) is 11.9 Å². The minimum absolute atomic E-state index is 0.220. The maximum Gasteiger partial charge on any atom is 0.316 e. The molecule has 1 aromatic carbocycles. The van der Waals surface area contributed by atoms with Crippen LogP contribution in [0.25, 0.3) is 11.1 Å². The zero-order valence-electron chi connectivity index (χ0n) is 14.3. The van der Waals surface area contributed by atoms with Crippen LogP contribution in [0.15, 0.2) is 55.0 Å². The lowest BCUT2D eigenvalue weighted by Crippen LogP contribution is -2.13. The Labute approximate surface area is 151 Å². The van der Waals surface area contributed by atoms with Gasteiger partial charge in [-0.1, -0.05) is 24.3 Å². The Kier molecular flexibility index (Phi) is 4.31. The third-order valence-corrected chi connectivity index (χ3v) is 4.35. The highest BCUT2D eigenvalue weighted by Gasteiger charge is 2.23. The lowest BCUT2D eigenvalue weighted by Gasteiger charge is -2.07. The number of carbonyl (C=O) groups excluding carboxylic acids is 1. The Morgan fingerprint density at radius 2 is 1.85 bits per heavy atom. The molecule has 1 aliphatic carbocycles. The predicted octanol–water partition coefficient (Wildman–Crippen LogP) is 3.68. The lowest BCUT2D eigenvalue weighted by molar-refractivity contribution is 0.102. The summed E-state index contributed by atoms with van der Waals surface area (Å²) in [6.07, 6.45) is 7.16. The molecule has 0 aliphatic heterocycles. The van der Waals surface area contributed by atoms with Gasteiger partial charge in [0.15, 0.2) is 0 Å². The Hall–Kier alpha value is -3.28. The Balaban J connectivity index is 1.47. The summed E-state index contributed by atoms with van der Waals surface area (Å²) in [5.74, 6) is 0.879. The number of hydrogen-bond acceptors (Lipinski definition) is 5. The van der Waals surface area contributed by atoms with E-state index in [4.69, 9.17) is 4.74 Å². The number of ether oxygens (including phenoxy) is 1. The highest BCUT2D eigenvalue weighted by Crippen LogP contribution is 2.41. The van der Waals surface area contributed by atoms with Gasteiger partial charge in [0.25, 0.3) is 5.91 Å². The van der Waals surface area contributed by atoms with Crippen molar-refractivity contribution in [3.05, 3.63) is 66.1 Å². The molecule has 2 aromatic heterocycles. The predicted molar refractivity (Wildman–Crippen MR) is 98.2 cm³/mol. The van der Waals surface area contributed by atoms with Crippen molar-refractivity contribution in [2.45, 2.75) is 18.8 Å². The van der Waals surface area contributed by atoms with Gasteiger partial charge in [0.1, 0.15) is 5.82 Å². The van der Waals surface area contributed by atoms with Gasteiger partial charge in [-0.3, -0.25) is 4.79 Å². The van der Waals surface area contributed by atoms with Crippen LogP contribution in [0, 0.1) is 0 Å². The first kappa shape index (κ1) is 16.2. The standard InChI is InChI=1S/C20H18N4O2/c1-26-20-22-11-17(12-23-20)19(25)24-18-8-7-16(10-21-18)15-4-2-3-14(9-15)13-5-6-13/h2-4,7-13H,5-6H2,1H3,(H,21,24,25). The monoisotopic (exact) mass is 346 g/mol. The van der Waals surface area contributed by atoms with Crippen molar-refractivity contribution in [3.63, 3.8) is 0 Å². The van der Waals surface area contributed by atoms with E-state index in [2.05, 4.69) is 44.5 Å². The number of amides is 1. The summed E-state index contributed by atoms with van der Waals surface area (Å²) in [5.41, 5.74) is 3.90. The molecule has 0 atom stereocenters. The van der Waals surface area contributed by atoms with Crippen LogP contribution in [0.3, 0.4) is 0 Å². The molecule has 1 amide bonds. The molecule has 130 valence electrons. The van der Waals surface area contributed by atoms with Crippen LogP contribution in [0.5, 0.6) is 6.01 Å². The van der Waals surface area contributed by atoms with Crippen molar-refractivity contribution in [1.82, 2.24) is 15.0 Å². The van der Waals surface area contributed by atoms with Crippen LogP contribution >= 0.6 is 0 Å². The maximum atomic E-state index is 12.2. The summed E-state index contributed by atoms with van der Waals surface area (Å²) in [6, 6.07) is 12.5. The molecule has 1 aliphatic rings. The molecule has 26 heavy (non-hydrogen) atoms. The van der Waals surface area contributed by atoms with E-state index in [1.165, 1.54) is 37.9 Å². The number of benzene rings is 1. The van der Waals surface area contributed by atoms with Crippen LogP contribution < -0.4 is 10.1 Å². The number of hydrogen-bond donors (Lipinski definition) is 1. The fourth-order valence-electron chi connectivity index (χ4n) is 2.75. The quantitative estimate of drug-likeness (QED) is 0.762. The molecule has 0 radical (unpaired) electrons. The van der Waals surface area contributed by atoms with E-state index >= 15 is 0 Å². The van der Waals surface area contributed by atoms with Gasteiger partial charge in [-0.15, -0.1) is 0 Å². The van der Waals surface area contributed by atoms with Crippen LogP contribution in [-0.4, -0.2) is 28.0 Å². The van der Waals surface area contributed by atoms with E-state index in [0.29, 0.717) is 17.3 Å². The number of rotatable bonds is 5. The van der Waals surface area contributed by atoms with E-state index < -0.39 is 0 Å². The fraction of sp³-hybridized carbons (Fsp3) is 0.200. The van der Waals surface area contributed by atoms with E-state index in [9.17, 15) is 4.79 Å². The van der Waals surface area contributed by atoms with Crippen molar-refractivity contribution in [3.8, 4) is 17.1 Å². The highest BCUT2D eigenvalue weighted by molar-refractivity contribution is 6.03. The molecule has 1 N–H and O–H groups in total. The normalized spacial score (nSPS) is 13.3. The second kappa shape index (κ2) is 6.92. The SMILES string of the molecule is COc1ncc(C(=O)Nc2ccc(-c3cccc(C4CC4)c3)cn2)cn1. The highest BCUT2D eigenvalue weighted by atomic mass is 16.5. The van der Waals surface area contributed by atoms with Crippen LogP contribution in [0.4, 0.5) is 5.82 Å². The smallest absolute Gasteiger partial charge is 0.316 e. The number of carbonyl (C=O) groups is 1. The van der Waals surface area contributed by atoms with Gasteiger partial charge in [-0.2, -0.15) is 0 Å². The summed E-state index contributed by atoms with van der Waals surface area (Å²) in [5, 5.41) is 2.74. The number of nitrogens with zero attached hydrogens (tertiary/aromatic N) is 3. The first-order valence-corrected chi connectivity index (χ1v) is 8.47. The number of anilines is 1. The van der Waals surface area contributed by atoms with Crippen LogP contribution in [0.1, 0.15) is 34.7 Å². The van der Waals surface area contributed by atoms with Gasteiger partial charge in [0.2, 0.25) is 0 Å². The second-order valence-electron chi connectivity index (χ2n) is 6.24. The van der Waals surface area contributed by atoms with Crippen LogP contribution in [0.2, 0.25) is 0 Å². The molecular weight excluding hydrogens is 328 g/mol. The molecule has 1 saturated carbocycles. The molecule has 6 nitrogen and oxygen atoms in total. The van der Waals surface area contributed by atoms with Crippen molar-refractivity contribution in [1.29, 1.82) is 0 Å². The third-order valence-electron chi connectivity index (χ3n) is 4.35. The third kappa shape index (κ3) is 3.54. The molecule has 0 bridgehead atoms. The van der Waals surface area contributed by atoms with Gasteiger partial charge in [-0.25, -0.2) is 15.0 Å². The van der Waals surface area contributed by atoms with Crippen molar-refractivity contribution >= 4 is 11.7 Å². The fourth-order valence-corrected chi connectivity index (χ4v) is 2.75. The molecule has 2 heterocycles. The second-order valence-corrected chi connectivity index (χ2v) is 6.24. The molecule has 0 unspecified atom stereocenters. The molecule has 0 saturated heterocycles. The minimum atomic E-state index is -0.316. The van der Waals surface area contributed by atoms with Gasteiger partial charge < -0.3 is 10.1 Å². The molecule has 1 fully saturated rings. The lowest BCUT2D eigenvalue weighted by atomic mass is 10.0. The summed E-state index contributed by atoms with van der Waals surface area (Å²) in [7, 11) is 1.47. The summed E-state index contributed by atoms with van der Waals surface area (Å²) >= 11 is 0. The molecule has 3 aromatic rings. The maximum absolute atomic E-state index is 12.2. The molecule has 4 rings (SSSR count). The van der Waals surface area contributed by atoms with E-state index in [1.807, 2.05) is 6.07 Å². The Bertz CT molecular complexity index is 919. The van der Waals surface area contributed by atoms with Gasteiger partial charge in [0.05, 0.1) is 12.7 Å². The van der Waals surface area contributed by atoms with Gasteiger partial charge in [-0.05, 0) is 42.0 Å².